The molecule has 1 unspecified atom stereocenters. The number of carbonyl (C=O) groups excluding carboxylic acids is 1. The second-order valence-electron chi connectivity index (χ2n) is 5.00. The molecule has 1 aromatic carbocycles. The highest BCUT2D eigenvalue weighted by Gasteiger charge is 2.19. The molecule has 0 spiro atoms. The van der Waals surface area contributed by atoms with Crippen LogP contribution in [0.15, 0.2) is 24.3 Å². The summed E-state index contributed by atoms with van der Waals surface area (Å²) >= 11 is 0. The summed E-state index contributed by atoms with van der Waals surface area (Å²) in [6.07, 6.45) is 0.425. The second kappa shape index (κ2) is 8.87. The minimum atomic E-state index is -0.00503. The van der Waals surface area contributed by atoms with E-state index in [0.29, 0.717) is 19.6 Å². The standard InChI is InChI=1S/C15H22N2O3.ClH/c1-17(11-12-3-5-13(19-2)6-4-12)15(18)9-14-10-16-7-8-20-14;/h3-6,14,16H,7-11H2,1-2H3;1H. The van der Waals surface area contributed by atoms with Crippen molar-refractivity contribution in [1.29, 1.82) is 0 Å². The number of benzene rings is 1. The Kier molecular flexibility index (Phi) is 7.50. The van der Waals surface area contributed by atoms with E-state index in [0.717, 1.165) is 24.4 Å². The molecule has 1 atom stereocenters. The van der Waals surface area contributed by atoms with Gasteiger partial charge in [-0.2, -0.15) is 0 Å². The first-order valence-electron chi connectivity index (χ1n) is 6.88. The van der Waals surface area contributed by atoms with E-state index >= 15 is 0 Å². The van der Waals surface area contributed by atoms with Gasteiger partial charge >= 0.3 is 0 Å². The summed E-state index contributed by atoms with van der Waals surface area (Å²) in [4.78, 5) is 13.9. The minimum Gasteiger partial charge on any atom is -0.497 e. The minimum absolute atomic E-state index is 0. The van der Waals surface area contributed by atoms with Crippen molar-refractivity contribution in [3.05, 3.63) is 29.8 Å². The molecule has 0 saturated carbocycles. The third-order valence-electron chi connectivity index (χ3n) is 3.41. The Morgan fingerprint density at radius 3 is 2.71 bits per heavy atom. The number of nitrogens with one attached hydrogen (secondary N) is 1. The normalized spacial score (nSPS) is 17.7. The molecule has 1 N–H and O–H groups in total. The van der Waals surface area contributed by atoms with Crippen molar-refractivity contribution in [3.63, 3.8) is 0 Å². The molecule has 1 aromatic rings. The molecule has 6 heteroatoms. The maximum Gasteiger partial charge on any atom is 0.225 e. The van der Waals surface area contributed by atoms with Gasteiger partial charge in [0.1, 0.15) is 5.75 Å². The van der Waals surface area contributed by atoms with Crippen LogP contribution in [0.2, 0.25) is 0 Å². The van der Waals surface area contributed by atoms with Gasteiger partial charge in [0.25, 0.3) is 0 Å². The first-order valence-corrected chi connectivity index (χ1v) is 6.88. The molecule has 2 rings (SSSR count). The molecule has 1 aliphatic rings. The Balaban J connectivity index is 0.00000220. The number of ether oxygens (including phenoxy) is 2. The van der Waals surface area contributed by atoms with Crippen LogP contribution in [0, 0.1) is 0 Å². The molecule has 21 heavy (non-hydrogen) atoms. The highest BCUT2D eigenvalue weighted by molar-refractivity contribution is 5.85. The van der Waals surface area contributed by atoms with Crippen LogP contribution in [0.3, 0.4) is 0 Å². The van der Waals surface area contributed by atoms with E-state index in [1.165, 1.54) is 0 Å². The SMILES string of the molecule is COc1ccc(CN(C)C(=O)CC2CNCCO2)cc1.Cl. The fraction of sp³-hybridized carbons (Fsp3) is 0.533. The summed E-state index contributed by atoms with van der Waals surface area (Å²) in [5.74, 6) is 0.930. The van der Waals surface area contributed by atoms with Gasteiger partial charge in [0.05, 0.1) is 26.2 Å². The molecular formula is C15H23ClN2O3. The molecular weight excluding hydrogens is 292 g/mol. The predicted molar refractivity (Wildman–Crippen MR) is 83.9 cm³/mol. The van der Waals surface area contributed by atoms with Gasteiger partial charge in [-0.1, -0.05) is 12.1 Å². The van der Waals surface area contributed by atoms with E-state index in [2.05, 4.69) is 5.32 Å². The van der Waals surface area contributed by atoms with Crippen LogP contribution in [-0.2, 0) is 16.1 Å². The third kappa shape index (κ3) is 5.53. The summed E-state index contributed by atoms with van der Waals surface area (Å²) in [5, 5.41) is 3.23. The highest BCUT2D eigenvalue weighted by atomic mass is 35.5. The van der Waals surface area contributed by atoms with Crippen LogP contribution in [0.25, 0.3) is 0 Å². The Hall–Kier alpha value is -1.30. The van der Waals surface area contributed by atoms with Gasteiger partial charge in [-0.25, -0.2) is 0 Å². The van der Waals surface area contributed by atoms with E-state index in [1.807, 2.05) is 31.3 Å². The fourth-order valence-electron chi connectivity index (χ4n) is 2.19. The molecule has 1 saturated heterocycles. The number of rotatable bonds is 5. The van der Waals surface area contributed by atoms with Crippen molar-refractivity contribution in [3.8, 4) is 5.75 Å². The molecule has 0 radical (unpaired) electrons. The number of amides is 1. The maximum atomic E-state index is 12.1. The number of hydrogen-bond donors (Lipinski definition) is 1. The average Bonchev–Trinajstić information content (AvgIpc) is 2.49. The lowest BCUT2D eigenvalue weighted by molar-refractivity contribution is -0.133. The smallest absolute Gasteiger partial charge is 0.225 e. The van der Waals surface area contributed by atoms with E-state index in [-0.39, 0.29) is 24.4 Å². The molecule has 0 bridgehead atoms. The zero-order chi connectivity index (χ0) is 14.4. The number of methoxy groups -OCH3 is 1. The summed E-state index contributed by atoms with van der Waals surface area (Å²) in [6, 6.07) is 7.76. The maximum absolute atomic E-state index is 12.1. The number of morpholine rings is 1. The molecule has 118 valence electrons. The lowest BCUT2D eigenvalue weighted by Gasteiger charge is -2.25. The predicted octanol–water partition coefficient (Wildman–Crippen LogP) is 1.45. The second-order valence-corrected chi connectivity index (χ2v) is 5.00. The van der Waals surface area contributed by atoms with E-state index in [4.69, 9.17) is 9.47 Å². The first-order chi connectivity index (χ1) is 9.69. The van der Waals surface area contributed by atoms with Crippen molar-refractivity contribution < 1.29 is 14.3 Å². The van der Waals surface area contributed by atoms with E-state index in [1.54, 1.807) is 12.0 Å². The molecule has 0 aromatic heterocycles. The van der Waals surface area contributed by atoms with Gasteiger partial charge in [-0.05, 0) is 17.7 Å². The monoisotopic (exact) mass is 314 g/mol. The summed E-state index contributed by atoms with van der Waals surface area (Å²) in [5.41, 5.74) is 1.09. The quantitative estimate of drug-likeness (QED) is 0.894. The molecule has 1 aliphatic heterocycles. The van der Waals surface area contributed by atoms with Gasteiger partial charge in [0.2, 0.25) is 5.91 Å². The Bertz CT molecular complexity index is 433. The van der Waals surface area contributed by atoms with E-state index < -0.39 is 0 Å². The van der Waals surface area contributed by atoms with Crippen LogP contribution < -0.4 is 10.1 Å². The number of hydrogen-bond acceptors (Lipinski definition) is 4. The number of halogens is 1. The highest BCUT2D eigenvalue weighted by Crippen LogP contribution is 2.13. The Morgan fingerprint density at radius 1 is 1.43 bits per heavy atom. The molecule has 5 nitrogen and oxygen atoms in total. The van der Waals surface area contributed by atoms with Crippen molar-refractivity contribution in [1.82, 2.24) is 10.2 Å². The van der Waals surface area contributed by atoms with Crippen molar-refractivity contribution >= 4 is 18.3 Å². The Labute approximate surface area is 132 Å². The van der Waals surface area contributed by atoms with Gasteiger partial charge in [-0.3, -0.25) is 4.79 Å². The zero-order valence-corrected chi connectivity index (χ0v) is 13.3. The van der Waals surface area contributed by atoms with Gasteiger partial charge < -0.3 is 19.7 Å². The van der Waals surface area contributed by atoms with Gasteiger partial charge in [-0.15, -0.1) is 12.4 Å². The number of nitrogens with zero attached hydrogens (tertiary/aromatic N) is 1. The summed E-state index contributed by atoms with van der Waals surface area (Å²) in [6.45, 7) is 2.90. The third-order valence-corrected chi connectivity index (χ3v) is 3.41. The molecule has 0 aliphatic carbocycles. The van der Waals surface area contributed by atoms with E-state index in [9.17, 15) is 4.79 Å². The van der Waals surface area contributed by atoms with Crippen LogP contribution in [0.5, 0.6) is 5.75 Å². The van der Waals surface area contributed by atoms with Crippen LogP contribution in [-0.4, -0.2) is 50.8 Å². The van der Waals surface area contributed by atoms with Crippen LogP contribution in [0.4, 0.5) is 0 Å². The molecule has 1 fully saturated rings. The zero-order valence-electron chi connectivity index (χ0n) is 12.5. The fourth-order valence-corrected chi connectivity index (χ4v) is 2.19. The van der Waals surface area contributed by atoms with Crippen molar-refractivity contribution in [2.75, 3.05) is 33.9 Å². The Morgan fingerprint density at radius 2 is 2.14 bits per heavy atom. The largest absolute Gasteiger partial charge is 0.497 e. The van der Waals surface area contributed by atoms with Gasteiger partial charge in [0.15, 0.2) is 0 Å². The van der Waals surface area contributed by atoms with Crippen LogP contribution >= 0.6 is 12.4 Å². The lowest BCUT2D eigenvalue weighted by Crippen LogP contribution is -2.41. The van der Waals surface area contributed by atoms with Gasteiger partial charge in [0, 0.05) is 26.7 Å². The average molecular weight is 315 g/mol. The molecule has 1 heterocycles. The van der Waals surface area contributed by atoms with Crippen molar-refractivity contribution in [2.24, 2.45) is 0 Å². The summed E-state index contributed by atoms with van der Waals surface area (Å²) < 4.78 is 10.7. The topological polar surface area (TPSA) is 50.8 Å². The summed E-state index contributed by atoms with van der Waals surface area (Å²) in [7, 11) is 3.46. The van der Waals surface area contributed by atoms with Crippen molar-refractivity contribution in [2.45, 2.75) is 19.1 Å². The van der Waals surface area contributed by atoms with Crippen LogP contribution in [0.1, 0.15) is 12.0 Å². The lowest BCUT2D eigenvalue weighted by atomic mass is 10.1. The number of carbonyl (C=O) groups is 1. The first kappa shape index (κ1) is 17.8. The molecule has 1 amide bonds.